The Labute approximate surface area is 192 Å². The largest absolute Gasteiger partial charge is 0.356 e. The van der Waals surface area contributed by atoms with Crippen molar-refractivity contribution in [2.24, 2.45) is 0 Å². The number of carbonyl (C=O) groups excluding carboxylic acids is 1. The molecule has 1 amide bonds. The molecule has 6 nitrogen and oxygen atoms in total. The van der Waals surface area contributed by atoms with Crippen LogP contribution < -0.4 is 10.5 Å². The standard InChI is InChI=1S/C23H28N4O2S2/c1-3-12-25(13-4-2)20-17(21(28)26-14-8-7-11-19(26)24-20)15-18-22(29)27(23(30)31-18)16-9-5-6-10-16/h7-8,11,14-16H,3-6,9-10,12-13H2,1-2H3. The summed E-state index contributed by atoms with van der Waals surface area (Å²) in [6.45, 7) is 5.83. The van der Waals surface area contributed by atoms with Gasteiger partial charge in [0.15, 0.2) is 0 Å². The molecule has 164 valence electrons. The van der Waals surface area contributed by atoms with Gasteiger partial charge in [-0.3, -0.25) is 18.9 Å². The molecule has 0 unspecified atom stereocenters. The number of thioether (sulfide) groups is 1. The fraction of sp³-hybridized carbons (Fsp3) is 0.478. The predicted molar refractivity (Wildman–Crippen MR) is 132 cm³/mol. The summed E-state index contributed by atoms with van der Waals surface area (Å²) in [5, 5.41) is 0. The number of carbonyl (C=O) groups is 1. The Hall–Kier alpha value is -2.19. The van der Waals surface area contributed by atoms with E-state index in [-0.39, 0.29) is 17.5 Å². The third kappa shape index (κ3) is 4.28. The number of hydrogen-bond acceptors (Lipinski definition) is 6. The highest BCUT2D eigenvalue weighted by Gasteiger charge is 2.38. The fourth-order valence-corrected chi connectivity index (χ4v) is 5.79. The SMILES string of the molecule is CCCN(CCC)c1nc2ccccn2c(=O)c1C=C1SC(=S)N(C2CCCC2)C1=O. The minimum absolute atomic E-state index is 0.0806. The molecule has 2 aliphatic rings. The molecule has 0 radical (unpaired) electrons. The van der Waals surface area contributed by atoms with Crippen LogP contribution in [0.1, 0.15) is 57.9 Å². The van der Waals surface area contributed by atoms with Crippen LogP contribution in [0, 0.1) is 0 Å². The van der Waals surface area contributed by atoms with Gasteiger partial charge in [-0.1, -0.05) is 56.7 Å². The third-order valence-corrected chi connectivity index (χ3v) is 7.15. The lowest BCUT2D eigenvalue weighted by molar-refractivity contribution is -0.123. The third-order valence-electron chi connectivity index (χ3n) is 5.82. The first kappa shape index (κ1) is 22.0. The van der Waals surface area contributed by atoms with Crippen LogP contribution in [0.5, 0.6) is 0 Å². The lowest BCUT2D eigenvalue weighted by atomic mass is 10.2. The summed E-state index contributed by atoms with van der Waals surface area (Å²) < 4.78 is 2.14. The van der Waals surface area contributed by atoms with Gasteiger partial charge in [0.2, 0.25) is 0 Å². The smallest absolute Gasteiger partial charge is 0.267 e. The Bertz CT molecular complexity index is 1080. The number of hydrogen-bond donors (Lipinski definition) is 0. The summed E-state index contributed by atoms with van der Waals surface area (Å²) in [5.41, 5.74) is 0.900. The summed E-state index contributed by atoms with van der Waals surface area (Å²) in [6, 6.07) is 5.71. The van der Waals surface area contributed by atoms with Gasteiger partial charge in [0.05, 0.1) is 10.5 Å². The molecule has 2 aromatic heterocycles. The van der Waals surface area contributed by atoms with Crippen molar-refractivity contribution in [2.45, 2.75) is 58.4 Å². The molecule has 1 saturated heterocycles. The Morgan fingerprint density at radius 3 is 2.58 bits per heavy atom. The first-order valence-corrected chi connectivity index (χ1v) is 12.3. The van der Waals surface area contributed by atoms with Crippen molar-refractivity contribution in [1.29, 1.82) is 0 Å². The average Bonchev–Trinajstić information content (AvgIpc) is 3.37. The van der Waals surface area contributed by atoms with E-state index >= 15 is 0 Å². The highest BCUT2D eigenvalue weighted by Crippen LogP contribution is 2.38. The Kier molecular flexibility index (Phi) is 6.77. The van der Waals surface area contributed by atoms with Crippen LogP contribution in [-0.2, 0) is 4.79 Å². The van der Waals surface area contributed by atoms with Gasteiger partial charge in [-0.15, -0.1) is 0 Å². The second kappa shape index (κ2) is 9.53. The zero-order chi connectivity index (χ0) is 22.0. The highest BCUT2D eigenvalue weighted by molar-refractivity contribution is 8.26. The Balaban J connectivity index is 1.83. The maximum absolute atomic E-state index is 13.5. The number of fused-ring (bicyclic) bond motifs is 1. The van der Waals surface area contributed by atoms with Crippen molar-refractivity contribution >= 4 is 51.7 Å². The van der Waals surface area contributed by atoms with E-state index in [1.54, 1.807) is 21.6 Å². The molecular weight excluding hydrogens is 428 g/mol. The Morgan fingerprint density at radius 1 is 1.19 bits per heavy atom. The minimum Gasteiger partial charge on any atom is -0.356 e. The summed E-state index contributed by atoms with van der Waals surface area (Å²) in [4.78, 5) is 35.9. The summed E-state index contributed by atoms with van der Waals surface area (Å²) in [7, 11) is 0. The topological polar surface area (TPSA) is 57.9 Å². The molecule has 3 heterocycles. The van der Waals surface area contributed by atoms with Crippen LogP contribution in [0.2, 0.25) is 0 Å². The van der Waals surface area contributed by atoms with Crippen molar-refractivity contribution in [1.82, 2.24) is 14.3 Å². The van der Waals surface area contributed by atoms with Crippen molar-refractivity contribution in [3.63, 3.8) is 0 Å². The first-order chi connectivity index (χ1) is 15.0. The van der Waals surface area contributed by atoms with Crippen molar-refractivity contribution in [3.8, 4) is 0 Å². The normalized spacial score (nSPS) is 18.6. The number of rotatable bonds is 7. The van der Waals surface area contributed by atoms with Gasteiger partial charge in [-0.2, -0.15) is 0 Å². The monoisotopic (exact) mass is 456 g/mol. The van der Waals surface area contributed by atoms with Crippen LogP contribution >= 0.6 is 24.0 Å². The molecule has 2 fully saturated rings. The zero-order valence-corrected chi connectivity index (χ0v) is 19.7. The van der Waals surface area contributed by atoms with Crippen molar-refractivity contribution in [3.05, 3.63) is 45.2 Å². The highest BCUT2D eigenvalue weighted by atomic mass is 32.2. The van der Waals surface area contributed by atoms with E-state index in [2.05, 4.69) is 18.7 Å². The van der Waals surface area contributed by atoms with Crippen LogP contribution in [0.3, 0.4) is 0 Å². The average molecular weight is 457 g/mol. The molecule has 4 rings (SSSR count). The molecule has 8 heteroatoms. The van der Waals surface area contributed by atoms with Gasteiger partial charge in [0, 0.05) is 25.3 Å². The van der Waals surface area contributed by atoms with Gasteiger partial charge in [-0.25, -0.2) is 4.98 Å². The molecular formula is C23H28N4O2S2. The van der Waals surface area contributed by atoms with Gasteiger partial charge >= 0.3 is 0 Å². The maximum Gasteiger partial charge on any atom is 0.267 e. The van der Waals surface area contributed by atoms with Gasteiger partial charge in [-0.05, 0) is 43.9 Å². The molecule has 31 heavy (non-hydrogen) atoms. The second-order valence-electron chi connectivity index (χ2n) is 8.06. The number of aromatic nitrogens is 2. The van der Waals surface area contributed by atoms with E-state index in [4.69, 9.17) is 17.2 Å². The van der Waals surface area contributed by atoms with Crippen molar-refractivity contribution < 1.29 is 4.79 Å². The molecule has 1 aliphatic heterocycles. The second-order valence-corrected chi connectivity index (χ2v) is 9.74. The summed E-state index contributed by atoms with van der Waals surface area (Å²) in [6.07, 6.45) is 9.57. The first-order valence-electron chi connectivity index (χ1n) is 11.1. The number of thiocarbonyl (C=S) groups is 1. The van der Waals surface area contributed by atoms with Gasteiger partial charge in [0.1, 0.15) is 15.8 Å². The van der Waals surface area contributed by atoms with Gasteiger partial charge in [0.25, 0.3) is 11.5 Å². The van der Waals surface area contributed by atoms with Crippen molar-refractivity contribution in [2.75, 3.05) is 18.0 Å². The fourth-order valence-electron chi connectivity index (χ4n) is 4.41. The molecule has 0 N–H and O–H groups in total. The molecule has 2 aromatic rings. The minimum atomic E-state index is -0.163. The predicted octanol–water partition coefficient (Wildman–Crippen LogP) is 4.46. The number of nitrogens with zero attached hydrogens (tertiary/aromatic N) is 4. The van der Waals surface area contributed by atoms with E-state index in [1.807, 2.05) is 18.2 Å². The zero-order valence-electron chi connectivity index (χ0n) is 18.0. The molecule has 0 atom stereocenters. The maximum atomic E-state index is 13.5. The summed E-state index contributed by atoms with van der Waals surface area (Å²) >= 11 is 6.84. The van der Waals surface area contributed by atoms with Crippen LogP contribution in [0.4, 0.5) is 5.82 Å². The van der Waals surface area contributed by atoms with E-state index in [9.17, 15) is 9.59 Å². The number of anilines is 1. The van der Waals surface area contributed by atoms with E-state index in [0.29, 0.717) is 26.3 Å². The molecule has 0 spiro atoms. The molecule has 0 aromatic carbocycles. The number of amides is 1. The number of pyridine rings is 1. The van der Waals surface area contributed by atoms with E-state index < -0.39 is 0 Å². The molecule has 1 aliphatic carbocycles. The molecule has 0 bridgehead atoms. The Morgan fingerprint density at radius 2 is 1.90 bits per heavy atom. The van der Waals surface area contributed by atoms with Crippen LogP contribution in [0.25, 0.3) is 11.7 Å². The van der Waals surface area contributed by atoms with Gasteiger partial charge < -0.3 is 4.90 Å². The summed E-state index contributed by atoms with van der Waals surface area (Å²) in [5.74, 6) is 0.564. The van der Waals surface area contributed by atoms with Crippen LogP contribution in [0.15, 0.2) is 34.1 Å². The lowest BCUT2D eigenvalue weighted by Gasteiger charge is -2.24. The van der Waals surface area contributed by atoms with Crippen LogP contribution in [-0.4, -0.2) is 43.6 Å². The quantitative estimate of drug-likeness (QED) is 0.453. The molecule has 1 saturated carbocycles. The van der Waals surface area contributed by atoms with E-state index in [1.165, 1.54) is 11.8 Å². The lowest BCUT2D eigenvalue weighted by Crippen LogP contribution is -2.36. The van der Waals surface area contributed by atoms with E-state index in [0.717, 1.165) is 51.6 Å².